The number of aromatic nitrogens is 1. The van der Waals surface area contributed by atoms with Gasteiger partial charge in [0.25, 0.3) is 11.8 Å². The number of aryl methyl sites for hydroxylation is 1. The van der Waals surface area contributed by atoms with E-state index in [1.165, 1.54) is 6.08 Å². The summed E-state index contributed by atoms with van der Waals surface area (Å²) in [5, 5.41) is 2.95. The van der Waals surface area contributed by atoms with Gasteiger partial charge in [0.2, 0.25) is 5.91 Å². The number of nitrogens with zero attached hydrogens (tertiary/aromatic N) is 2. The molecule has 4 rings (SSSR count). The van der Waals surface area contributed by atoms with Gasteiger partial charge >= 0.3 is 6.03 Å². The third-order valence-corrected chi connectivity index (χ3v) is 4.84. The van der Waals surface area contributed by atoms with Gasteiger partial charge in [-0.25, -0.2) is 9.69 Å². The maximum absolute atomic E-state index is 13.1. The van der Waals surface area contributed by atoms with Gasteiger partial charge in [-0.05, 0) is 31.2 Å². The van der Waals surface area contributed by atoms with Gasteiger partial charge < -0.3 is 10.3 Å². The Balaban J connectivity index is 1.80. The van der Waals surface area contributed by atoms with Crippen LogP contribution in [0.15, 0.2) is 60.3 Å². The van der Waals surface area contributed by atoms with Crippen LogP contribution in [0.1, 0.15) is 11.1 Å². The minimum Gasteiger partial charge on any atom is -0.368 e. The summed E-state index contributed by atoms with van der Waals surface area (Å²) in [5.74, 6) is -2.02. The number of fused-ring (bicyclic) bond motifs is 1. The first-order valence-corrected chi connectivity index (χ1v) is 9.19. The van der Waals surface area contributed by atoms with Crippen LogP contribution in [0.2, 0.25) is 0 Å². The highest BCUT2D eigenvalue weighted by Crippen LogP contribution is 2.26. The van der Waals surface area contributed by atoms with Crippen molar-refractivity contribution in [3.8, 4) is 0 Å². The number of carbonyl (C=O) groups is 4. The summed E-state index contributed by atoms with van der Waals surface area (Å²) in [6, 6.07) is 13.3. The SMILES string of the molecule is Cc1ccc(N2C(=O)NC(=O)/C(=C\c3cn(CC(N)=O)c4ccccc34)C2=O)cc1. The Hall–Kier alpha value is -4.20. The number of imide groups is 2. The molecule has 0 aliphatic carbocycles. The fourth-order valence-electron chi connectivity index (χ4n) is 3.43. The fourth-order valence-corrected chi connectivity index (χ4v) is 3.43. The van der Waals surface area contributed by atoms with Crippen molar-refractivity contribution < 1.29 is 19.2 Å². The summed E-state index contributed by atoms with van der Waals surface area (Å²) in [4.78, 5) is 50.1. The summed E-state index contributed by atoms with van der Waals surface area (Å²) in [5.41, 5.74) is 7.76. The van der Waals surface area contributed by atoms with Crippen LogP contribution in [0.5, 0.6) is 0 Å². The van der Waals surface area contributed by atoms with E-state index in [2.05, 4.69) is 5.32 Å². The van der Waals surface area contributed by atoms with Crippen molar-refractivity contribution in [2.75, 3.05) is 4.90 Å². The monoisotopic (exact) mass is 402 g/mol. The molecule has 2 aromatic carbocycles. The molecule has 150 valence electrons. The van der Waals surface area contributed by atoms with Crippen molar-refractivity contribution in [3.05, 3.63) is 71.4 Å². The summed E-state index contributed by atoms with van der Waals surface area (Å²) in [7, 11) is 0. The summed E-state index contributed by atoms with van der Waals surface area (Å²) in [6.07, 6.45) is 3.07. The smallest absolute Gasteiger partial charge is 0.335 e. The van der Waals surface area contributed by atoms with Crippen LogP contribution >= 0.6 is 0 Å². The number of barbiturate groups is 1. The van der Waals surface area contributed by atoms with Crippen LogP contribution in [0.3, 0.4) is 0 Å². The zero-order chi connectivity index (χ0) is 21.4. The van der Waals surface area contributed by atoms with Crippen molar-refractivity contribution in [2.45, 2.75) is 13.5 Å². The quantitative estimate of drug-likeness (QED) is 0.514. The van der Waals surface area contributed by atoms with Crippen molar-refractivity contribution in [1.29, 1.82) is 0 Å². The number of hydrogen-bond donors (Lipinski definition) is 2. The van der Waals surface area contributed by atoms with E-state index >= 15 is 0 Å². The van der Waals surface area contributed by atoms with Crippen molar-refractivity contribution in [3.63, 3.8) is 0 Å². The van der Waals surface area contributed by atoms with Crippen molar-refractivity contribution >= 4 is 46.4 Å². The second-order valence-electron chi connectivity index (χ2n) is 6.99. The van der Waals surface area contributed by atoms with Crippen LogP contribution in [0.4, 0.5) is 10.5 Å². The number of anilines is 1. The topological polar surface area (TPSA) is 114 Å². The largest absolute Gasteiger partial charge is 0.368 e. The Labute approximate surface area is 171 Å². The Morgan fingerprint density at radius 2 is 1.77 bits per heavy atom. The Bertz CT molecular complexity index is 1240. The molecular weight excluding hydrogens is 384 g/mol. The van der Waals surface area contributed by atoms with E-state index in [0.29, 0.717) is 11.3 Å². The van der Waals surface area contributed by atoms with Gasteiger partial charge in [-0.15, -0.1) is 0 Å². The average Bonchev–Trinajstić information content (AvgIpc) is 3.03. The molecule has 1 fully saturated rings. The van der Waals surface area contributed by atoms with Crippen LogP contribution in [0, 0.1) is 6.92 Å². The first-order chi connectivity index (χ1) is 14.3. The molecule has 0 bridgehead atoms. The molecule has 3 aromatic rings. The molecule has 1 aliphatic heterocycles. The third-order valence-electron chi connectivity index (χ3n) is 4.84. The molecule has 3 N–H and O–H groups in total. The first-order valence-electron chi connectivity index (χ1n) is 9.19. The molecule has 0 atom stereocenters. The molecule has 1 aromatic heterocycles. The standard InChI is InChI=1S/C22H18N4O4/c1-13-6-8-15(9-7-13)26-21(29)17(20(28)24-22(26)30)10-14-11-25(12-19(23)27)18-5-3-2-4-16(14)18/h2-11H,12H2,1H3,(H2,23,27)(H,24,28,30)/b17-10+. The van der Waals surface area contributed by atoms with E-state index in [-0.39, 0.29) is 12.1 Å². The highest BCUT2D eigenvalue weighted by Gasteiger charge is 2.36. The number of para-hydroxylation sites is 1. The molecule has 1 aliphatic rings. The number of benzene rings is 2. The van der Waals surface area contributed by atoms with Crippen LogP contribution < -0.4 is 16.0 Å². The zero-order valence-corrected chi connectivity index (χ0v) is 16.1. The predicted octanol–water partition coefficient (Wildman–Crippen LogP) is 2.10. The van der Waals surface area contributed by atoms with Crippen LogP contribution in [0.25, 0.3) is 17.0 Å². The number of nitrogens with two attached hydrogens (primary N) is 1. The van der Waals surface area contributed by atoms with Crippen LogP contribution in [-0.2, 0) is 20.9 Å². The van der Waals surface area contributed by atoms with Gasteiger partial charge in [-0.3, -0.25) is 19.7 Å². The molecule has 5 amide bonds. The number of hydrogen-bond acceptors (Lipinski definition) is 4. The summed E-state index contributed by atoms with van der Waals surface area (Å²) in [6.45, 7) is 1.84. The predicted molar refractivity (Wildman–Crippen MR) is 111 cm³/mol. The number of amides is 5. The Morgan fingerprint density at radius 1 is 1.07 bits per heavy atom. The highest BCUT2D eigenvalue weighted by atomic mass is 16.2. The number of rotatable bonds is 4. The Kier molecular flexibility index (Phi) is 4.67. The lowest BCUT2D eigenvalue weighted by Crippen LogP contribution is -2.54. The van der Waals surface area contributed by atoms with Gasteiger partial charge in [0, 0.05) is 22.7 Å². The first kappa shape index (κ1) is 19.1. The molecular formula is C22H18N4O4. The molecule has 0 unspecified atom stereocenters. The normalized spacial score (nSPS) is 15.7. The van der Waals surface area contributed by atoms with E-state index in [1.54, 1.807) is 35.0 Å². The molecule has 0 spiro atoms. The van der Waals surface area contributed by atoms with Crippen LogP contribution in [-0.4, -0.2) is 28.3 Å². The molecule has 30 heavy (non-hydrogen) atoms. The lowest BCUT2D eigenvalue weighted by atomic mass is 10.1. The van der Waals surface area contributed by atoms with Gasteiger partial charge in [0.05, 0.1) is 5.69 Å². The van der Waals surface area contributed by atoms with Gasteiger partial charge in [-0.2, -0.15) is 0 Å². The lowest BCUT2D eigenvalue weighted by Gasteiger charge is -2.26. The summed E-state index contributed by atoms with van der Waals surface area (Å²) >= 11 is 0. The highest BCUT2D eigenvalue weighted by molar-refractivity contribution is 6.39. The van der Waals surface area contributed by atoms with Gasteiger partial charge in [0.15, 0.2) is 0 Å². The zero-order valence-electron chi connectivity index (χ0n) is 16.1. The minimum atomic E-state index is -0.804. The van der Waals surface area contributed by atoms with E-state index < -0.39 is 23.8 Å². The summed E-state index contributed by atoms with van der Waals surface area (Å²) < 4.78 is 1.65. The van der Waals surface area contributed by atoms with E-state index in [9.17, 15) is 19.2 Å². The van der Waals surface area contributed by atoms with E-state index in [4.69, 9.17) is 5.73 Å². The minimum absolute atomic E-state index is 0.0438. The molecule has 0 radical (unpaired) electrons. The molecule has 1 saturated heterocycles. The third kappa shape index (κ3) is 3.35. The number of nitrogens with one attached hydrogen (secondary N) is 1. The number of urea groups is 1. The lowest BCUT2D eigenvalue weighted by molar-refractivity contribution is -0.122. The van der Waals surface area contributed by atoms with Gasteiger partial charge in [0.1, 0.15) is 12.1 Å². The Morgan fingerprint density at radius 3 is 2.47 bits per heavy atom. The maximum Gasteiger partial charge on any atom is 0.335 e. The fraction of sp³-hybridized carbons (Fsp3) is 0.0909. The number of primary amides is 1. The molecule has 8 heteroatoms. The maximum atomic E-state index is 13.1. The van der Waals surface area contributed by atoms with Gasteiger partial charge in [-0.1, -0.05) is 35.9 Å². The molecule has 0 saturated carbocycles. The second kappa shape index (κ2) is 7.32. The van der Waals surface area contributed by atoms with Crippen molar-refractivity contribution in [1.82, 2.24) is 9.88 Å². The van der Waals surface area contributed by atoms with E-state index in [0.717, 1.165) is 21.4 Å². The molecule has 8 nitrogen and oxygen atoms in total. The average molecular weight is 402 g/mol. The van der Waals surface area contributed by atoms with Crippen molar-refractivity contribution in [2.24, 2.45) is 5.73 Å². The van der Waals surface area contributed by atoms with E-state index in [1.807, 2.05) is 31.2 Å². The molecule has 2 heterocycles. The second-order valence-corrected chi connectivity index (χ2v) is 6.99. The number of carbonyl (C=O) groups excluding carboxylic acids is 4.